The monoisotopic (exact) mass is 348 g/mol. The summed E-state index contributed by atoms with van der Waals surface area (Å²) in [6, 6.07) is 5.53. The number of anilines is 1. The molecule has 0 unspecified atom stereocenters. The number of benzene rings is 1. The molecule has 0 spiro atoms. The van der Waals surface area contributed by atoms with Crippen molar-refractivity contribution in [1.29, 1.82) is 0 Å². The van der Waals surface area contributed by atoms with Gasteiger partial charge < -0.3 is 10.5 Å². The summed E-state index contributed by atoms with van der Waals surface area (Å²) in [5, 5.41) is 12.9. The Morgan fingerprint density at radius 2 is 2.12 bits per heavy atom. The number of nitrogen functional groups attached to an aromatic ring is 1. The van der Waals surface area contributed by atoms with E-state index in [9.17, 15) is 13.3 Å². The molecule has 3 N–H and O–H groups in total. The molecule has 0 saturated heterocycles. The van der Waals surface area contributed by atoms with Gasteiger partial charge in [-0.15, -0.1) is 10.0 Å². The zero-order valence-electron chi connectivity index (χ0n) is 12.4. The number of rotatable bonds is 5. The van der Waals surface area contributed by atoms with E-state index in [1.54, 1.807) is 0 Å². The first-order chi connectivity index (χ1) is 11.4. The van der Waals surface area contributed by atoms with Gasteiger partial charge in [-0.2, -0.15) is 0 Å². The summed E-state index contributed by atoms with van der Waals surface area (Å²) in [7, 11) is -3.43. The number of nitroso groups, excluding NO2 is 1. The first-order valence-corrected chi connectivity index (χ1v) is 8.54. The third kappa shape index (κ3) is 3.01. The van der Waals surface area contributed by atoms with Crippen molar-refractivity contribution in [3.63, 3.8) is 0 Å². The highest BCUT2D eigenvalue weighted by atomic mass is 32.2. The van der Waals surface area contributed by atoms with Crippen molar-refractivity contribution in [1.82, 2.24) is 20.4 Å². The smallest absolute Gasteiger partial charge is 0.181 e. The Balaban J connectivity index is 1.91. The molecule has 3 aromatic rings. The normalized spacial score (nSPS) is 11.5. The van der Waals surface area contributed by atoms with Crippen LogP contribution in [0.25, 0.3) is 11.2 Å². The quantitative estimate of drug-likeness (QED) is 0.654. The summed E-state index contributed by atoms with van der Waals surface area (Å²) >= 11 is 0. The Labute approximate surface area is 135 Å². The van der Waals surface area contributed by atoms with Crippen LogP contribution in [0.15, 0.2) is 34.3 Å². The van der Waals surface area contributed by atoms with Crippen LogP contribution in [-0.2, 0) is 16.4 Å². The fourth-order valence-corrected chi connectivity index (χ4v) is 2.72. The molecular formula is C13H12N6O4S. The maximum absolute atomic E-state index is 11.5. The molecule has 11 heteroatoms. The average Bonchev–Trinajstić information content (AvgIpc) is 2.99. The molecule has 3 rings (SSSR count). The number of fused-ring (bicyclic) bond motifs is 1. The van der Waals surface area contributed by atoms with Crippen molar-refractivity contribution < 1.29 is 13.2 Å². The molecule has 0 aliphatic carbocycles. The fourth-order valence-electron chi connectivity index (χ4n) is 2.08. The van der Waals surface area contributed by atoms with Crippen molar-refractivity contribution in [3.8, 4) is 5.75 Å². The molecule has 10 nitrogen and oxygen atoms in total. The lowest BCUT2D eigenvalue weighted by atomic mass is 10.2. The van der Waals surface area contributed by atoms with Crippen molar-refractivity contribution in [2.45, 2.75) is 11.5 Å². The van der Waals surface area contributed by atoms with Gasteiger partial charge in [0.25, 0.3) is 0 Å². The number of H-pyrrole nitrogens is 1. The van der Waals surface area contributed by atoms with Gasteiger partial charge in [-0.25, -0.2) is 18.5 Å². The van der Waals surface area contributed by atoms with E-state index in [0.717, 1.165) is 6.26 Å². The molecule has 0 aliphatic rings. The number of ether oxygens (including phenoxy) is 1. The molecular weight excluding hydrogens is 336 g/mol. The van der Waals surface area contributed by atoms with Crippen LogP contribution in [0.3, 0.4) is 0 Å². The van der Waals surface area contributed by atoms with Gasteiger partial charge in [0.1, 0.15) is 18.1 Å². The second-order valence-corrected chi connectivity index (χ2v) is 7.01. The van der Waals surface area contributed by atoms with Crippen LogP contribution in [0.1, 0.15) is 5.56 Å². The number of aromatic amines is 1. The van der Waals surface area contributed by atoms with E-state index in [-0.39, 0.29) is 23.0 Å². The summed E-state index contributed by atoms with van der Waals surface area (Å²) in [5.74, 6) is 0.542. The zero-order chi connectivity index (χ0) is 17.3. The number of sulfone groups is 1. The Kier molecular flexibility index (Phi) is 3.85. The lowest BCUT2D eigenvalue weighted by Crippen LogP contribution is -2.01. The molecule has 124 valence electrons. The van der Waals surface area contributed by atoms with Crippen LogP contribution < -0.4 is 10.5 Å². The minimum atomic E-state index is -3.43. The SMILES string of the molecule is CS(=O)(=O)c1ccc(COc2cc(N)nc3[nH]nnc23)c(N=O)c1. The van der Waals surface area contributed by atoms with E-state index in [4.69, 9.17) is 10.5 Å². The molecule has 0 fully saturated rings. The molecule has 0 atom stereocenters. The van der Waals surface area contributed by atoms with Gasteiger partial charge in [0.15, 0.2) is 26.8 Å². The maximum Gasteiger partial charge on any atom is 0.181 e. The highest BCUT2D eigenvalue weighted by molar-refractivity contribution is 7.90. The summed E-state index contributed by atoms with van der Waals surface area (Å²) in [6.45, 7) is -0.0312. The summed E-state index contributed by atoms with van der Waals surface area (Å²) < 4.78 is 28.7. The van der Waals surface area contributed by atoms with Gasteiger partial charge >= 0.3 is 0 Å². The van der Waals surface area contributed by atoms with Crippen LogP contribution in [-0.4, -0.2) is 35.1 Å². The van der Waals surface area contributed by atoms with Gasteiger partial charge in [0.05, 0.1) is 4.90 Å². The minimum Gasteiger partial charge on any atom is -0.486 e. The van der Waals surface area contributed by atoms with Crippen LogP contribution >= 0.6 is 0 Å². The summed E-state index contributed by atoms with van der Waals surface area (Å²) in [4.78, 5) is 15.0. The number of pyridine rings is 1. The molecule has 0 aliphatic heterocycles. The second kappa shape index (κ2) is 5.85. The van der Waals surface area contributed by atoms with Crippen LogP contribution in [0.5, 0.6) is 5.75 Å². The van der Waals surface area contributed by atoms with Crippen LogP contribution in [0.2, 0.25) is 0 Å². The lowest BCUT2D eigenvalue weighted by Gasteiger charge is -2.09. The number of nitrogens with zero attached hydrogens (tertiary/aromatic N) is 4. The minimum absolute atomic E-state index is 0.00731. The van der Waals surface area contributed by atoms with Crippen molar-refractivity contribution in [2.24, 2.45) is 5.18 Å². The molecule has 0 radical (unpaired) electrons. The van der Waals surface area contributed by atoms with E-state index in [2.05, 4.69) is 25.6 Å². The molecule has 1 aromatic carbocycles. The molecule has 24 heavy (non-hydrogen) atoms. The van der Waals surface area contributed by atoms with Gasteiger partial charge in [-0.3, -0.25) is 0 Å². The highest BCUT2D eigenvalue weighted by Crippen LogP contribution is 2.27. The summed E-state index contributed by atoms with van der Waals surface area (Å²) in [6.07, 6.45) is 1.05. The number of nitrogens with two attached hydrogens (primary N) is 1. The summed E-state index contributed by atoms with van der Waals surface area (Å²) in [5.41, 5.74) is 6.83. The largest absolute Gasteiger partial charge is 0.486 e. The zero-order valence-corrected chi connectivity index (χ0v) is 13.2. The molecule has 2 heterocycles. The van der Waals surface area contributed by atoms with Crippen molar-refractivity contribution in [2.75, 3.05) is 12.0 Å². The van der Waals surface area contributed by atoms with E-state index < -0.39 is 9.84 Å². The van der Waals surface area contributed by atoms with Crippen LogP contribution in [0, 0.1) is 4.91 Å². The van der Waals surface area contributed by atoms with Gasteiger partial charge in [-0.05, 0) is 17.3 Å². The second-order valence-electron chi connectivity index (χ2n) is 5.00. The third-order valence-corrected chi connectivity index (χ3v) is 4.36. The van der Waals surface area contributed by atoms with Gasteiger partial charge in [0, 0.05) is 17.9 Å². The van der Waals surface area contributed by atoms with Crippen molar-refractivity contribution >= 4 is 32.5 Å². The molecule has 0 saturated carbocycles. The Morgan fingerprint density at radius 3 is 2.83 bits per heavy atom. The number of hydrogen-bond acceptors (Lipinski definition) is 9. The van der Waals surface area contributed by atoms with Crippen LogP contribution in [0.4, 0.5) is 11.5 Å². The molecule has 0 amide bonds. The maximum atomic E-state index is 11.5. The predicted octanol–water partition coefficient (Wildman–Crippen LogP) is 1.32. The lowest BCUT2D eigenvalue weighted by molar-refractivity contribution is 0.310. The predicted molar refractivity (Wildman–Crippen MR) is 85.4 cm³/mol. The van der Waals surface area contributed by atoms with E-state index in [1.807, 2.05) is 0 Å². The van der Waals surface area contributed by atoms with Crippen molar-refractivity contribution in [3.05, 3.63) is 34.7 Å². The molecule has 2 aromatic heterocycles. The van der Waals surface area contributed by atoms with E-state index in [0.29, 0.717) is 22.5 Å². The highest BCUT2D eigenvalue weighted by Gasteiger charge is 2.14. The van der Waals surface area contributed by atoms with Gasteiger partial charge in [-0.1, -0.05) is 11.3 Å². The van der Waals surface area contributed by atoms with E-state index >= 15 is 0 Å². The average molecular weight is 348 g/mol. The number of aromatic nitrogens is 4. The van der Waals surface area contributed by atoms with Gasteiger partial charge in [0.2, 0.25) is 0 Å². The first kappa shape index (κ1) is 15.8. The third-order valence-electron chi connectivity index (χ3n) is 3.25. The molecule has 0 bridgehead atoms. The number of hydrogen-bond donors (Lipinski definition) is 2. The fraction of sp³-hybridized carbons (Fsp3) is 0.154. The Hall–Kier alpha value is -3.08. The Morgan fingerprint density at radius 1 is 1.33 bits per heavy atom. The number of nitrogens with one attached hydrogen (secondary N) is 1. The van der Waals surface area contributed by atoms with E-state index in [1.165, 1.54) is 24.3 Å². The first-order valence-electron chi connectivity index (χ1n) is 6.65. The topological polar surface area (TPSA) is 153 Å². The Bertz CT molecular complexity index is 1030. The standard InChI is InChI=1S/C13H12N6O4S/c1-24(21,22)8-3-2-7(9(4-8)18-20)6-23-10-5-11(14)15-13-12(10)16-19-17-13/h2-5H,6H2,1H3,(H3,14,15,16,17,19).